The van der Waals surface area contributed by atoms with Crippen LogP contribution < -0.4 is 15.0 Å². The van der Waals surface area contributed by atoms with E-state index in [1.54, 1.807) is 19.2 Å². The van der Waals surface area contributed by atoms with E-state index in [0.717, 1.165) is 49.7 Å². The average molecular weight is 551 g/mol. The molecule has 2 fully saturated rings. The number of hydrogen-bond acceptors (Lipinski definition) is 7. The van der Waals surface area contributed by atoms with Crippen LogP contribution in [-0.2, 0) is 21.3 Å². The van der Waals surface area contributed by atoms with Crippen LogP contribution in [0.5, 0.6) is 5.75 Å². The van der Waals surface area contributed by atoms with Crippen molar-refractivity contribution < 1.29 is 22.7 Å². The zero-order valence-electron chi connectivity index (χ0n) is 22.1. The summed E-state index contributed by atoms with van der Waals surface area (Å²) in [6, 6.07) is 22.0. The molecule has 2 heterocycles. The van der Waals surface area contributed by atoms with Gasteiger partial charge < -0.3 is 19.7 Å². The molecule has 0 radical (unpaired) electrons. The molecule has 1 N–H and O–H groups in total. The summed E-state index contributed by atoms with van der Waals surface area (Å²) in [6.45, 7) is 6.03. The quantitative estimate of drug-likeness (QED) is 0.460. The molecule has 2 saturated heterocycles. The maximum atomic E-state index is 12.8. The molecule has 10 heteroatoms. The van der Waals surface area contributed by atoms with E-state index in [0.29, 0.717) is 37.6 Å². The van der Waals surface area contributed by atoms with Crippen molar-refractivity contribution in [1.82, 2.24) is 9.21 Å². The third-order valence-corrected chi connectivity index (χ3v) is 9.05. The molecule has 0 bridgehead atoms. The van der Waals surface area contributed by atoms with Crippen LogP contribution in [-0.4, -0.2) is 83.1 Å². The normalized spacial score (nSPS) is 17.1. The number of nitrogens with one attached hydrogen (secondary N) is 1. The van der Waals surface area contributed by atoms with E-state index in [2.05, 4.69) is 21.2 Å². The minimum Gasteiger partial charge on any atom is -0.495 e. The fraction of sp³-hybridized carbons (Fsp3) is 0.345. The van der Waals surface area contributed by atoms with Crippen LogP contribution in [0.3, 0.4) is 0 Å². The summed E-state index contributed by atoms with van der Waals surface area (Å²) in [5, 5.41) is 2.85. The Balaban J connectivity index is 1.13. The lowest BCUT2D eigenvalue weighted by atomic mass is 10.1. The van der Waals surface area contributed by atoms with Gasteiger partial charge in [0.1, 0.15) is 5.75 Å². The number of benzene rings is 3. The fourth-order valence-corrected chi connectivity index (χ4v) is 6.32. The van der Waals surface area contributed by atoms with E-state index in [1.165, 1.54) is 16.4 Å². The third kappa shape index (κ3) is 6.42. The Labute approximate surface area is 230 Å². The number of piperazine rings is 1. The van der Waals surface area contributed by atoms with Crippen molar-refractivity contribution >= 4 is 27.3 Å². The van der Waals surface area contributed by atoms with E-state index in [1.807, 2.05) is 42.5 Å². The molecule has 39 heavy (non-hydrogen) atoms. The molecule has 2 aliphatic heterocycles. The number of carbonyl (C=O) groups is 1. The molecular weight excluding hydrogens is 516 g/mol. The summed E-state index contributed by atoms with van der Waals surface area (Å²) in [4.78, 5) is 17.8. The van der Waals surface area contributed by atoms with Crippen LogP contribution in [0.25, 0.3) is 0 Å². The fourth-order valence-electron chi connectivity index (χ4n) is 4.91. The minimum absolute atomic E-state index is 0.204. The smallest absolute Gasteiger partial charge is 0.255 e. The predicted molar refractivity (Wildman–Crippen MR) is 151 cm³/mol. The zero-order valence-corrected chi connectivity index (χ0v) is 22.9. The first-order chi connectivity index (χ1) is 18.9. The number of methoxy groups -OCH3 is 1. The van der Waals surface area contributed by atoms with Gasteiger partial charge in [0.25, 0.3) is 5.91 Å². The molecule has 1 amide bonds. The highest BCUT2D eigenvalue weighted by molar-refractivity contribution is 7.89. The van der Waals surface area contributed by atoms with E-state index in [-0.39, 0.29) is 10.8 Å². The van der Waals surface area contributed by atoms with Crippen molar-refractivity contribution in [3.63, 3.8) is 0 Å². The van der Waals surface area contributed by atoms with Gasteiger partial charge in [-0.1, -0.05) is 24.3 Å². The number of anilines is 2. The van der Waals surface area contributed by atoms with Crippen molar-refractivity contribution in [2.45, 2.75) is 11.4 Å². The molecule has 9 nitrogen and oxygen atoms in total. The van der Waals surface area contributed by atoms with Crippen molar-refractivity contribution in [2.75, 3.05) is 69.8 Å². The largest absolute Gasteiger partial charge is 0.495 e. The molecule has 0 aliphatic carbocycles. The Bertz CT molecular complexity index is 1370. The van der Waals surface area contributed by atoms with Crippen molar-refractivity contribution in [2.24, 2.45) is 0 Å². The number of rotatable bonds is 8. The SMILES string of the molecule is COc1ccccc1N1CCN(Cc2ccc(C(=O)Nc3ccc(S(=O)(=O)N4CCOCC4)cc3)cc2)CC1. The molecular formula is C29H34N4O5S. The first-order valence-electron chi connectivity index (χ1n) is 13.1. The third-order valence-electron chi connectivity index (χ3n) is 7.14. The summed E-state index contributed by atoms with van der Waals surface area (Å²) < 4.78 is 37.8. The van der Waals surface area contributed by atoms with E-state index >= 15 is 0 Å². The van der Waals surface area contributed by atoms with Crippen LogP contribution in [0, 0.1) is 0 Å². The Morgan fingerprint density at radius 2 is 1.54 bits per heavy atom. The number of sulfonamides is 1. The van der Waals surface area contributed by atoms with Crippen LogP contribution in [0.2, 0.25) is 0 Å². The Hall–Kier alpha value is -3.44. The second-order valence-electron chi connectivity index (χ2n) is 9.63. The number of hydrogen-bond donors (Lipinski definition) is 1. The highest BCUT2D eigenvalue weighted by atomic mass is 32.2. The number of para-hydroxylation sites is 2. The van der Waals surface area contributed by atoms with E-state index in [4.69, 9.17) is 9.47 Å². The molecule has 0 unspecified atom stereocenters. The van der Waals surface area contributed by atoms with Crippen LogP contribution in [0.1, 0.15) is 15.9 Å². The molecule has 3 aromatic carbocycles. The zero-order chi connectivity index (χ0) is 27.2. The van der Waals surface area contributed by atoms with Crippen LogP contribution in [0.15, 0.2) is 77.7 Å². The highest BCUT2D eigenvalue weighted by Gasteiger charge is 2.26. The molecule has 0 aromatic heterocycles. The lowest BCUT2D eigenvalue weighted by Gasteiger charge is -2.36. The van der Waals surface area contributed by atoms with Gasteiger partial charge in [-0.2, -0.15) is 4.31 Å². The lowest BCUT2D eigenvalue weighted by molar-refractivity contribution is 0.0730. The minimum atomic E-state index is -3.57. The first-order valence-corrected chi connectivity index (χ1v) is 14.6. The number of nitrogens with zero attached hydrogens (tertiary/aromatic N) is 3. The molecule has 2 aliphatic rings. The second kappa shape index (κ2) is 12.2. The van der Waals surface area contributed by atoms with Gasteiger partial charge in [0, 0.05) is 57.1 Å². The molecule has 5 rings (SSSR count). The molecule has 206 valence electrons. The van der Waals surface area contributed by atoms with Crippen molar-refractivity contribution in [3.8, 4) is 5.75 Å². The molecule has 3 aromatic rings. The van der Waals surface area contributed by atoms with Crippen molar-refractivity contribution in [1.29, 1.82) is 0 Å². The van der Waals surface area contributed by atoms with Gasteiger partial charge in [-0.15, -0.1) is 0 Å². The standard InChI is InChI=1S/C29H34N4O5S/c1-37-28-5-3-2-4-27(28)32-16-14-31(15-17-32)22-23-6-8-24(9-7-23)29(34)30-25-10-12-26(13-11-25)39(35,36)33-18-20-38-21-19-33/h2-13H,14-22H2,1H3,(H,30,34). The van der Waals surface area contributed by atoms with Gasteiger partial charge in [-0.3, -0.25) is 9.69 Å². The lowest BCUT2D eigenvalue weighted by Crippen LogP contribution is -2.46. The summed E-state index contributed by atoms with van der Waals surface area (Å²) >= 11 is 0. The number of amides is 1. The first kappa shape index (κ1) is 27.1. The van der Waals surface area contributed by atoms with Gasteiger partial charge in [-0.05, 0) is 54.1 Å². The molecule has 0 atom stereocenters. The number of ether oxygens (including phenoxy) is 2. The maximum absolute atomic E-state index is 12.8. The summed E-state index contributed by atoms with van der Waals surface area (Å²) in [5.41, 5.74) is 3.36. The van der Waals surface area contributed by atoms with Gasteiger partial charge in [0.15, 0.2) is 0 Å². The predicted octanol–water partition coefficient (Wildman–Crippen LogP) is 3.29. The number of carbonyl (C=O) groups excluding carboxylic acids is 1. The molecule has 0 saturated carbocycles. The van der Waals surface area contributed by atoms with Gasteiger partial charge >= 0.3 is 0 Å². The van der Waals surface area contributed by atoms with Crippen LogP contribution in [0.4, 0.5) is 11.4 Å². The van der Waals surface area contributed by atoms with E-state index < -0.39 is 10.0 Å². The Kier molecular flexibility index (Phi) is 8.47. The maximum Gasteiger partial charge on any atom is 0.255 e. The Morgan fingerprint density at radius 1 is 0.872 bits per heavy atom. The summed E-state index contributed by atoms with van der Waals surface area (Å²) in [6.07, 6.45) is 0. The number of morpholine rings is 1. The highest BCUT2D eigenvalue weighted by Crippen LogP contribution is 2.28. The van der Waals surface area contributed by atoms with Gasteiger partial charge in [-0.25, -0.2) is 8.42 Å². The topological polar surface area (TPSA) is 91.4 Å². The van der Waals surface area contributed by atoms with E-state index in [9.17, 15) is 13.2 Å². The second-order valence-corrected chi connectivity index (χ2v) is 11.6. The Morgan fingerprint density at radius 3 is 2.21 bits per heavy atom. The summed E-state index contributed by atoms with van der Waals surface area (Å²) in [7, 11) is -1.87. The van der Waals surface area contributed by atoms with Crippen LogP contribution >= 0.6 is 0 Å². The average Bonchev–Trinajstić information content (AvgIpc) is 2.98. The van der Waals surface area contributed by atoms with Crippen molar-refractivity contribution in [3.05, 3.63) is 83.9 Å². The van der Waals surface area contributed by atoms with Gasteiger partial charge in [0.2, 0.25) is 10.0 Å². The monoisotopic (exact) mass is 550 g/mol. The molecule has 0 spiro atoms. The van der Waals surface area contributed by atoms with Gasteiger partial charge in [0.05, 0.1) is 30.9 Å². The summed E-state index contributed by atoms with van der Waals surface area (Å²) in [5.74, 6) is 0.657.